The predicted octanol–water partition coefficient (Wildman–Crippen LogP) is 3.19. The topological polar surface area (TPSA) is 101 Å². The van der Waals surface area contributed by atoms with Crippen molar-refractivity contribution in [1.82, 2.24) is 10.0 Å². The van der Waals surface area contributed by atoms with E-state index in [0.717, 1.165) is 11.6 Å². The fourth-order valence-corrected chi connectivity index (χ4v) is 2.32. The van der Waals surface area contributed by atoms with Gasteiger partial charge in [-0.25, -0.2) is 4.79 Å². The first kappa shape index (κ1) is 17.4. The Balaban J connectivity index is 1.96. The maximum absolute atomic E-state index is 13.8. The normalized spacial score (nSPS) is 10.1. The summed E-state index contributed by atoms with van der Waals surface area (Å²) in [5.74, 6) is -1.68. The van der Waals surface area contributed by atoms with E-state index < -0.39 is 28.4 Å². The van der Waals surface area contributed by atoms with Crippen LogP contribution < -0.4 is 10.0 Å². The molecule has 24 heavy (non-hydrogen) atoms. The second-order valence-electron chi connectivity index (χ2n) is 4.70. The van der Waals surface area contributed by atoms with Gasteiger partial charge in [0.2, 0.25) is 5.82 Å². The maximum Gasteiger partial charge on any atom is 0.331 e. The van der Waals surface area contributed by atoms with Crippen molar-refractivity contribution < 1.29 is 18.9 Å². The molecule has 0 aromatic heterocycles. The molecule has 3 amide bonds. The number of carbonyl (C=O) groups is 2. The smallest absolute Gasteiger partial charge is 0.277 e. The van der Waals surface area contributed by atoms with Gasteiger partial charge < -0.3 is 0 Å². The largest absolute Gasteiger partial charge is 0.331 e. The zero-order valence-corrected chi connectivity index (χ0v) is 13.2. The molecule has 0 aliphatic heterocycles. The molecule has 9 heteroatoms. The van der Waals surface area contributed by atoms with E-state index in [9.17, 15) is 24.1 Å². The average Bonchev–Trinajstić information content (AvgIpc) is 2.54. The van der Waals surface area contributed by atoms with E-state index in [1.165, 1.54) is 12.1 Å². The van der Waals surface area contributed by atoms with Gasteiger partial charge in [-0.1, -0.05) is 23.8 Å². The van der Waals surface area contributed by atoms with Gasteiger partial charge in [-0.3, -0.25) is 24.9 Å². The molecule has 0 spiro atoms. The van der Waals surface area contributed by atoms with Crippen LogP contribution in [0.25, 0.3) is 0 Å². The molecule has 0 bridgehead atoms. The Labute approximate surface area is 140 Å². The molecule has 0 unspecified atom stereocenters. The number of halogens is 1. The van der Waals surface area contributed by atoms with Gasteiger partial charge >= 0.3 is 11.7 Å². The Morgan fingerprint density at radius 1 is 1.17 bits per heavy atom. The Bertz CT molecular complexity index is 796. The number of aryl methyl sites for hydroxylation is 1. The Morgan fingerprint density at radius 3 is 2.46 bits per heavy atom. The number of amides is 3. The Kier molecular flexibility index (Phi) is 5.48. The highest BCUT2D eigenvalue weighted by Gasteiger charge is 2.18. The Hall–Kier alpha value is -2.94. The highest BCUT2D eigenvalue weighted by atomic mass is 32.2. The third-order valence-electron chi connectivity index (χ3n) is 2.93. The third-order valence-corrected chi connectivity index (χ3v) is 3.76. The summed E-state index contributed by atoms with van der Waals surface area (Å²) in [7, 11) is 0. The average molecular weight is 349 g/mol. The molecule has 2 aromatic rings. The highest BCUT2D eigenvalue weighted by Crippen LogP contribution is 2.26. The molecule has 2 N–H and O–H groups in total. The lowest BCUT2D eigenvalue weighted by atomic mass is 10.1. The van der Waals surface area contributed by atoms with Crippen molar-refractivity contribution in [3.05, 3.63) is 69.5 Å². The SMILES string of the molecule is Cc1ccc(C(=O)NC(=O)NSc2cccc([N+](=O)[O-])c2F)cc1. The van der Waals surface area contributed by atoms with Gasteiger partial charge in [-0.05, 0) is 37.1 Å². The van der Waals surface area contributed by atoms with Crippen LogP contribution in [0.15, 0.2) is 47.4 Å². The second-order valence-corrected chi connectivity index (χ2v) is 5.55. The fraction of sp³-hybridized carbons (Fsp3) is 0.0667. The monoisotopic (exact) mass is 349 g/mol. The van der Waals surface area contributed by atoms with Crippen molar-refractivity contribution in [2.24, 2.45) is 0 Å². The molecule has 0 heterocycles. The second kappa shape index (κ2) is 7.55. The summed E-state index contributed by atoms with van der Waals surface area (Å²) in [6, 6.07) is 9.28. The number of nitro groups is 1. The van der Waals surface area contributed by atoms with Crippen LogP contribution in [0.2, 0.25) is 0 Å². The lowest BCUT2D eigenvalue weighted by Crippen LogP contribution is -2.36. The first-order valence-corrected chi connectivity index (χ1v) is 7.48. The number of hydrogen-bond donors (Lipinski definition) is 2. The van der Waals surface area contributed by atoms with Crippen LogP contribution in [0.3, 0.4) is 0 Å². The summed E-state index contributed by atoms with van der Waals surface area (Å²) in [6.45, 7) is 1.86. The summed E-state index contributed by atoms with van der Waals surface area (Å²) >= 11 is 0.533. The van der Waals surface area contributed by atoms with E-state index in [4.69, 9.17) is 0 Å². The predicted molar refractivity (Wildman–Crippen MR) is 86.1 cm³/mol. The molecule has 0 aliphatic rings. The van der Waals surface area contributed by atoms with Gasteiger partial charge in [0.05, 0.1) is 9.82 Å². The molecule has 2 rings (SSSR count). The summed E-state index contributed by atoms with van der Waals surface area (Å²) in [5, 5.41) is 12.7. The number of hydrogen-bond acceptors (Lipinski definition) is 5. The number of urea groups is 1. The number of carbonyl (C=O) groups excluding carboxylic acids is 2. The summed E-state index contributed by atoms with van der Waals surface area (Å²) in [5.41, 5.74) is 0.563. The van der Waals surface area contributed by atoms with E-state index in [2.05, 4.69) is 10.0 Å². The standard InChI is InChI=1S/C15H12FN3O4S/c1-9-5-7-10(8-6-9)14(20)17-15(21)18-24-12-4-2-3-11(13(12)16)19(22)23/h2-8H,1H3,(H2,17,18,20,21). The van der Waals surface area contributed by atoms with Crippen LogP contribution in [0.4, 0.5) is 14.9 Å². The van der Waals surface area contributed by atoms with Crippen molar-refractivity contribution in [3.63, 3.8) is 0 Å². The number of nitrogens with one attached hydrogen (secondary N) is 2. The lowest BCUT2D eigenvalue weighted by molar-refractivity contribution is -0.387. The van der Waals surface area contributed by atoms with Gasteiger partial charge in [0.15, 0.2) is 0 Å². The first-order valence-electron chi connectivity index (χ1n) is 6.66. The van der Waals surface area contributed by atoms with E-state index in [0.29, 0.717) is 17.5 Å². The highest BCUT2D eigenvalue weighted by molar-refractivity contribution is 7.98. The molecule has 124 valence electrons. The first-order chi connectivity index (χ1) is 11.4. The number of nitro benzene ring substituents is 1. The van der Waals surface area contributed by atoms with Crippen molar-refractivity contribution in [2.75, 3.05) is 0 Å². The maximum atomic E-state index is 13.8. The van der Waals surface area contributed by atoms with Gasteiger partial charge in [-0.2, -0.15) is 4.39 Å². The van der Waals surface area contributed by atoms with E-state index in [1.807, 2.05) is 6.92 Å². The van der Waals surface area contributed by atoms with E-state index in [-0.39, 0.29) is 4.90 Å². The number of nitrogens with zero attached hydrogens (tertiary/aromatic N) is 1. The van der Waals surface area contributed by atoms with E-state index in [1.54, 1.807) is 24.3 Å². The van der Waals surface area contributed by atoms with Crippen molar-refractivity contribution in [3.8, 4) is 0 Å². The van der Waals surface area contributed by atoms with Crippen molar-refractivity contribution in [2.45, 2.75) is 11.8 Å². The minimum atomic E-state index is -1.06. The molecule has 7 nitrogen and oxygen atoms in total. The van der Waals surface area contributed by atoms with Gasteiger partial charge in [-0.15, -0.1) is 0 Å². The molecular formula is C15H12FN3O4S. The number of imide groups is 1. The van der Waals surface area contributed by atoms with Gasteiger partial charge in [0, 0.05) is 11.6 Å². The minimum absolute atomic E-state index is 0.137. The van der Waals surface area contributed by atoms with Crippen LogP contribution in [0.5, 0.6) is 0 Å². The number of rotatable bonds is 4. The number of benzene rings is 2. The molecule has 0 fully saturated rings. The summed E-state index contributed by atoms with van der Waals surface area (Å²) in [4.78, 5) is 33.2. The van der Waals surface area contributed by atoms with Gasteiger partial charge in [0.1, 0.15) is 0 Å². The van der Waals surface area contributed by atoms with E-state index >= 15 is 0 Å². The van der Waals surface area contributed by atoms with Crippen LogP contribution in [-0.4, -0.2) is 16.9 Å². The zero-order chi connectivity index (χ0) is 17.7. The minimum Gasteiger partial charge on any atom is -0.277 e. The zero-order valence-electron chi connectivity index (χ0n) is 12.4. The third kappa shape index (κ3) is 4.29. The summed E-state index contributed by atoms with van der Waals surface area (Å²) in [6.07, 6.45) is 0. The molecule has 0 radical (unpaired) electrons. The lowest BCUT2D eigenvalue weighted by Gasteiger charge is -2.07. The van der Waals surface area contributed by atoms with Crippen LogP contribution >= 0.6 is 11.9 Å². The van der Waals surface area contributed by atoms with Crippen LogP contribution in [0.1, 0.15) is 15.9 Å². The fourth-order valence-electron chi connectivity index (χ4n) is 1.73. The molecule has 2 aromatic carbocycles. The molecule has 0 saturated heterocycles. The molecular weight excluding hydrogens is 337 g/mol. The summed E-state index contributed by atoms with van der Waals surface area (Å²) < 4.78 is 16.0. The van der Waals surface area contributed by atoms with Crippen LogP contribution in [-0.2, 0) is 0 Å². The van der Waals surface area contributed by atoms with Crippen molar-refractivity contribution >= 4 is 29.6 Å². The molecule has 0 atom stereocenters. The Morgan fingerprint density at radius 2 is 1.83 bits per heavy atom. The van der Waals surface area contributed by atoms with Crippen LogP contribution in [0, 0.1) is 22.9 Å². The van der Waals surface area contributed by atoms with Gasteiger partial charge in [0.25, 0.3) is 5.91 Å². The van der Waals surface area contributed by atoms with Crippen molar-refractivity contribution in [1.29, 1.82) is 0 Å². The molecule has 0 aliphatic carbocycles. The quantitative estimate of drug-likeness (QED) is 0.501. The molecule has 0 saturated carbocycles.